The summed E-state index contributed by atoms with van der Waals surface area (Å²) in [6.45, 7) is 2.87. The van der Waals surface area contributed by atoms with Crippen LogP contribution in [-0.4, -0.2) is 9.55 Å². The van der Waals surface area contributed by atoms with Crippen molar-refractivity contribution in [1.82, 2.24) is 14.9 Å². The smallest absolute Gasteiger partial charge is 0.120 e. The minimum atomic E-state index is 0.218. The van der Waals surface area contributed by atoms with Crippen LogP contribution in [0.5, 0.6) is 0 Å². The maximum atomic E-state index is 5.31. The summed E-state index contributed by atoms with van der Waals surface area (Å²) < 4.78 is 7.31. The minimum Gasteiger partial charge on any atom is -0.468 e. The van der Waals surface area contributed by atoms with E-state index >= 15 is 0 Å². The molecule has 1 unspecified atom stereocenters. The molecule has 4 heteroatoms. The molecule has 0 aliphatic carbocycles. The molecule has 1 N–H and O–H groups in total. The highest BCUT2D eigenvalue weighted by Gasteiger charge is 2.07. The van der Waals surface area contributed by atoms with E-state index < -0.39 is 0 Å². The van der Waals surface area contributed by atoms with E-state index in [1.54, 1.807) is 12.6 Å². The molecular formula is C11H15N3O. The molecule has 0 aliphatic heterocycles. The van der Waals surface area contributed by atoms with Gasteiger partial charge < -0.3 is 14.3 Å². The summed E-state index contributed by atoms with van der Waals surface area (Å²) in [5.41, 5.74) is 1.16. The molecule has 2 aromatic rings. The number of nitrogens with one attached hydrogen (secondary N) is 1. The van der Waals surface area contributed by atoms with Gasteiger partial charge in [-0.1, -0.05) is 0 Å². The predicted molar refractivity (Wildman–Crippen MR) is 57.2 cm³/mol. The molecule has 0 radical (unpaired) electrons. The molecule has 1 atom stereocenters. The topological polar surface area (TPSA) is 43.0 Å². The highest BCUT2D eigenvalue weighted by molar-refractivity contribution is 5.04. The van der Waals surface area contributed by atoms with Crippen LogP contribution in [0.3, 0.4) is 0 Å². The molecule has 0 amide bonds. The van der Waals surface area contributed by atoms with Crippen LogP contribution in [-0.2, 0) is 13.6 Å². The number of furan rings is 1. The third-order valence-corrected chi connectivity index (χ3v) is 2.48. The lowest BCUT2D eigenvalue weighted by molar-refractivity contribution is 0.427. The molecule has 0 bridgehead atoms. The lowest BCUT2D eigenvalue weighted by atomic mass is 10.2. The first-order valence-electron chi connectivity index (χ1n) is 4.99. The van der Waals surface area contributed by atoms with E-state index in [2.05, 4.69) is 17.2 Å². The number of aryl methyl sites for hydroxylation is 1. The fraction of sp³-hybridized carbons (Fsp3) is 0.364. The van der Waals surface area contributed by atoms with Crippen molar-refractivity contribution in [2.45, 2.75) is 19.5 Å². The average molecular weight is 205 g/mol. The molecule has 2 aromatic heterocycles. The summed E-state index contributed by atoms with van der Waals surface area (Å²) in [5.74, 6) is 0.956. The Balaban J connectivity index is 1.91. The van der Waals surface area contributed by atoms with Crippen LogP contribution in [0.4, 0.5) is 0 Å². The van der Waals surface area contributed by atoms with Crippen LogP contribution in [0.1, 0.15) is 24.4 Å². The summed E-state index contributed by atoms with van der Waals surface area (Å²) in [6.07, 6.45) is 5.36. The van der Waals surface area contributed by atoms with Crippen molar-refractivity contribution >= 4 is 0 Å². The van der Waals surface area contributed by atoms with Crippen molar-refractivity contribution in [3.63, 3.8) is 0 Å². The number of nitrogens with zero attached hydrogens (tertiary/aromatic N) is 2. The van der Waals surface area contributed by atoms with Gasteiger partial charge in [0, 0.05) is 19.8 Å². The second-order valence-corrected chi connectivity index (χ2v) is 3.61. The lowest BCUT2D eigenvalue weighted by Crippen LogP contribution is -2.18. The van der Waals surface area contributed by atoms with E-state index in [4.69, 9.17) is 4.42 Å². The number of hydrogen-bond donors (Lipinski definition) is 1. The van der Waals surface area contributed by atoms with Gasteiger partial charge in [0.15, 0.2) is 0 Å². The van der Waals surface area contributed by atoms with Crippen molar-refractivity contribution < 1.29 is 4.42 Å². The average Bonchev–Trinajstić information content (AvgIpc) is 2.85. The molecule has 0 spiro atoms. The van der Waals surface area contributed by atoms with Gasteiger partial charge in [0.25, 0.3) is 0 Å². The summed E-state index contributed by atoms with van der Waals surface area (Å²) in [6, 6.07) is 4.09. The van der Waals surface area contributed by atoms with Gasteiger partial charge in [0.1, 0.15) is 5.76 Å². The van der Waals surface area contributed by atoms with Crippen molar-refractivity contribution in [1.29, 1.82) is 0 Å². The SMILES string of the molecule is CC(NCc1cncn1C)c1ccco1. The zero-order valence-electron chi connectivity index (χ0n) is 8.97. The first-order chi connectivity index (χ1) is 7.27. The molecule has 2 rings (SSSR count). The number of aromatic nitrogens is 2. The van der Waals surface area contributed by atoms with Crippen LogP contribution in [0, 0.1) is 0 Å². The lowest BCUT2D eigenvalue weighted by Gasteiger charge is -2.11. The first kappa shape index (κ1) is 9.98. The quantitative estimate of drug-likeness (QED) is 0.828. The van der Waals surface area contributed by atoms with E-state index in [0.29, 0.717) is 0 Å². The zero-order chi connectivity index (χ0) is 10.7. The highest BCUT2D eigenvalue weighted by atomic mass is 16.3. The first-order valence-corrected chi connectivity index (χ1v) is 4.99. The standard InChI is InChI=1S/C11H15N3O/c1-9(11-4-3-5-15-11)13-7-10-6-12-8-14(10)2/h3-6,8-9,13H,7H2,1-2H3. The molecule has 80 valence electrons. The Hall–Kier alpha value is -1.55. The Morgan fingerprint density at radius 1 is 1.60 bits per heavy atom. The molecule has 0 saturated heterocycles. The Labute approximate surface area is 88.9 Å². The van der Waals surface area contributed by atoms with Crippen LogP contribution in [0.15, 0.2) is 35.3 Å². The fourth-order valence-corrected chi connectivity index (χ4v) is 1.45. The van der Waals surface area contributed by atoms with Crippen LogP contribution in [0.2, 0.25) is 0 Å². The van der Waals surface area contributed by atoms with Gasteiger partial charge in [-0.25, -0.2) is 4.98 Å². The fourth-order valence-electron chi connectivity index (χ4n) is 1.45. The van der Waals surface area contributed by atoms with Crippen LogP contribution in [0.25, 0.3) is 0 Å². The second kappa shape index (κ2) is 4.31. The summed E-state index contributed by atoms with van der Waals surface area (Å²) in [4.78, 5) is 4.06. The van der Waals surface area contributed by atoms with Crippen molar-refractivity contribution in [3.05, 3.63) is 42.4 Å². The van der Waals surface area contributed by atoms with Gasteiger partial charge >= 0.3 is 0 Å². The maximum Gasteiger partial charge on any atom is 0.120 e. The van der Waals surface area contributed by atoms with Gasteiger partial charge in [-0.15, -0.1) is 0 Å². The third kappa shape index (κ3) is 2.27. The van der Waals surface area contributed by atoms with Gasteiger partial charge in [0.2, 0.25) is 0 Å². The van der Waals surface area contributed by atoms with E-state index in [-0.39, 0.29) is 6.04 Å². The Bertz CT molecular complexity index is 405. The van der Waals surface area contributed by atoms with E-state index in [1.165, 1.54) is 0 Å². The normalized spacial score (nSPS) is 12.9. The largest absolute Gasteiger partial charge is 0.468 e. The molecule has 0 saturated carbocycles. The van der Waals surface area contributed by atoms with E-state index in [9.17, 15) is 0 Å². The van der Waals surface area contributed by atoms with Gasteiger partial charge in [-0.3, -0.25) is 0 Å². The summed E-state index contributed by atoms with van der Waals surface area (Å²) >= 11 is 0. The van der Waals surface area contributed by atoms with E-state index in [1.807, 2.05) is 29.9 Å². The van der Waals surface area contributed by atoms with Crippen molar-refractivity contribution in [3.8, 4) is 0 Å². The van der Waals surface area contributed by atoms with Crippen LogP contribution >= 0.6 is 0 Å². The van der Waals surface area contributed by atoms with Crippen molar-refractivity contribution in [2.24, 2.45) is 7.05 Å². The second-order valence-electron chi connectivity index (χ2n) is 3.61. The van der Waals surface area contributed by atoms with Crippen LogP contribution < -0.4 is 5.32 Å². The molecule has 15 heavy (non-hydrogen) atoms. The molecule has 0 aliphatic rings. The third-order valence-electron chi connectivity index (χ3n) is 2.48. The Morgan fingerprint density at radius 2 is 2.47 bits per heavy atom. The van der Waals surface area contributed by atoms with Gasteiger partial charge in [-0.2, -0.15) is 0 Å². The molecule has 4 nitrogen and oxygen atoms in total. The molecule has 2 heterocycles. The zero-order valence-corrected chi connectivity index (χ0v) is 8.97. The van der Waals surface area contributed by atoms with Gasteiger partial charge in [0.05, 0.1) is 24.3 Å². The number of rotatable bonds is 4. The molecular weight excluding hydrogens is 190 g/mol. The predicted octanol–water partition coefficient (Wildman–Crippen LogP) is 1.86. The monoisotopic (exact) mass is 205 g/mol. The minimum absolute atomic E-state index is 0.218. The summed E-state index contributed by atoms with van der Waals surface area (Å²) in [7, 11) is 1.99. The Morgan fingerprint density at radius 3 is 3.07 bits per heavy atom. The van der Waals surface area contributed by atoms with Crippen molar-refractivity contribution in [2.75, 3.05) is 0 Å². The number of hydrogen-bond acceptors (Lipinski definition) is 3. The van der Waals surface area contributed by atoms with Gasteiger partial charge in [-0.05, 0) is 19.1 Å². The maximum absolute atomic E-state index is 5.31. The Kier molecular flexibility index (Phi) is 2.87. The highest BCUT2D eigenvalue weighted by Crippen LogP contribution is 2.12. The molecule has 0 aromatic carbocycles. The summed E-state index contributed by atoms with van der Waals surface area (Å²) in [5, 5.41) is 3.37. The number of imidazole rings is 1. The molecule has 0 fully saturated rings. The van der Waals surface area contributed by atoms with E-state index in [0.717, 1.165) is 18.0 Å².